The van der Waals surface area contributed by atoms with Crippen molar-refractivity contribution in [3.05, 3.63) is 57.8 Å². The van der Waals surface area contributed by atoms with E-state index in [1.165, 1.54) is 0 Å². The van der Waals surface area contributed by atoms with E-state index in [9.17, 15) is 4.79 Å². The fraction of sp³-hybridized carbons (Fsp3) is 0.154. The third-order valence-corrected chi connectivity index (χ3v) is 3.18. The summed E-state index contributed by atoms with van der Waals surface area (Å²) >= 11 is 1.63. The zero-order chi connectivity index (χ0) is 12.1. The highest BCUT2D eigenvalue weighted by molar-refractivity contribution is 7.09. The Hall–Kier alpha value is -1.65. The number of benzene rings is 1. The van der Waals surface area contributed by atoms with Crippen LogP contribution in [-0.4, -0.2) is 11.1 Å². The Kier molecular flexibility index (Phi) is 3.90. The molecule has 2 aromatic rings. The number of rotatable bonds is 5. The Morgan fingerprint density at radius 1 is 1.18 bits per heavy atom. The van der Waals surface area contributed by atoms with Crippen LogP contribution in [0.15, 0.2) is 41.8 Å². The van der Waals surface area contributed by atoms with Gasteiger partial charge in [0.25, 0.3) is 0 Å². The molecule has 0 radical (unpaired) electrons. The molecule has 17 heavy (non-hydrogen) atoms. The Morgan fingerprint density at radius 3 is 2.71 bits per heavy atom. The largest absolute Gasteiger partial charge is 0.478 e. The molecule has 1 N–H and O–H groups in total. The number of hydrogen-bond acceptors (Lipinski definition) is 3. The number of ether oxygens (including phenoxy) is 1. The van der Waals surface area contributed by atoms with Gasteiger partial charge < -0.3 is 9.84 Å². The average molecular weight is 248 g/mol. The molecule has 88 valence electrons. The zero-order valence-corrected chi connectivity index (χ0v) is 9.94. The molecule has 0 amide bonds. The van der Waals surface area contributed by atoms with Crippen molar-refractivity contribution < 1.29 is 14.6 Å². The molecule has 4 heteroatoms. The maximum atomic E-state index is 11.0. The highest BCUT2D eigenvalue weighted by Gasteiger charge is 2.08. The van der Waals surface area contributed by atoms with E-state index in [1.807, 2.05) is 23.6 Å². The summed E-state index contributed by atoms with van der Waals surface area (Å²) in [6.45, 7) is 0.839. The van der Waals surface area contributed by atoms with Crippen LogP contribution in [0.2, 0.25) is 0 Å². The second-order valence-corrected chi connectivity index (χ2v) is 4.57. The molecule has 0 spiro atoms. The summed E-state index contributed by atoms with van der Waals surface area (Å²) in [5, 5.41) is 11.0. The van der Waals surface area contributed by atoms with Crippen molar-refractivity contribution in [2.24, 2.45) is 0 Å². The number of hydrogen-bond donors (Lipinski definition) is 1. The van der Waals surface area contributed by atoms with Crippen molar-refractivity contribution in [2.75, 3.05) is 0 Å². The molecule has 0 aliphatic carbocycles. The van der Waals surface area contributed by atoms with Gasteiger partial charge in [0.1, 0.15) is 0 Å². The van der Waals surface area contributed by atoms with E-state index in [-0.39, 0.29) is 0 Å². The lowest BCUT2D eigenvalue weighted by atomic mass is 10.1. The molecule has 0 aliphatic heterocycles. The standard InChI is InChI=1S/C13H12O3S/c14-13(15)12-6-2-1-4-10(12)8-16-9-11-5-3-7-17-11/h1-7H,8-9H2,(H,14,15). The van der Waals surface area contributed by atoms with Crippen LogP contribution in [0.3, 0.4) is 0 Å². The van der Waals surface area contributed by atoms with Crippen molar-refractivity contribution >= 4 is 17.3 Å². The van der Waals surface area contributed by atoms with Gasteiger partial charge in [-0.3, -0.25) is 0 Å². The molecule has 1 aromatic carbocycles. The van der Waals surface area contributed by atoms with Gasteiger partial charge >= 0.3 is 5.97 Å². The van der Waals surface area contributed by atoms with E-state index in [1.54, 1.807) is 29.5 Å². The third-order valence-electron chi connectivity index (χ3n) is 2.33. The van der Waals surface area contributed by atoms with Gasteiger partial charge in [-0.25, -0.2) is 4.79 Å². The van der Waals surface area contributed by atoms with Gasteiger partial charge in [0, 0.05) is 4.88 Å². The van der Waals surface area contributed by atoms with E-state index in [4.69, 9.17) is 9.84 Å². The highest BCUT2D eigenvalue weighted by Crippen LogP contribution is 2.14. The molecule has 0 aliphatic rings. The minimum atomic E-state index is -0.916. The second kappa shape index (κ2) is 5.61. The first-order valence-corrected chi connectivity index (χ1v) is 6.06. The predicted octanol–water partition coefficient (Wildman–Crippen LogP) is 3.16. The number of thiophene rings is 1. The number of carbonyl (C=O) groups is 1. The van der Waals surface area contributed by atoms with E-state index >= 15 is 0 Å². The summed E-state index contributed by atoms with van der Waals surface area (Å²) in [4.78, 5) is 12.1. The zero-order valence-electron chi connectivity index (χ0n) is 9.13. The molecule has 0 unspecified atom stereocenters. The van der Waals surface area contributed by atoms with Crippen LogP contribution in [0.1, 0.15) is 20.8 Å². The maximum Gasteiger partial charge on any atom is 0.336 e. The van der Waals surface area contributed by atoms with Crippen LogP contribution in [0, 0.1) is 0 Å². The van der Waals surface area contributed by atoms with E-state index in [2.05, 4.69) is 0 Å². The van der Waals surface area contributed by atoms with Crippen LogP contribution < -0.4 is 0 Å². The van der Waals surface area contributed by atoms with Gasteiger partial charge in [-0.15, -0.1) is 11.3 Å². The molecular formula is C13H12O3S. The molecule has 0 bridgehead atoms. The summed E-state index contributed by atoms with van der Waals surface area (Å²) in [5.41, 5.74) is 1.01. The van der Waals surface area contributed by atoms with Gasteiger partial charge in [0.15, 0.2) is 0 Å². The van der Waals surface area contributed by atoms with E-state index < -0.39 is 5.97 Å². The summed E-state index contributed by atoms with van der Waals surface area (Å²) in [7, 11) is 0. The van der Waals surface area contributed by atoms with Crippen molar-refractivity contribution in [3.8, 4) is 0 Å². The molecule has 2 rings (SSSR count). The predicted molar refractivity (Wildman–Crippen MR) is 66.2 cm³/mol. The number of carboxylic acids is 1. The maximum absolute atomic E-state index is 11.0. The van der Waals surface area contributed by atoms with E-state index in [0.717, 1.165) is 4.88 Å². The first-order valence-electron chi connectivity index (χ1n) is 5.18. The van der Waals surface area contributed by atoms with Gasteiger partial charge in [-0.05, 0) is 23.1 Å². The Bertz CT molecular complexity index is 491. The summed E-state index contributed by atoms with van der Waals surface area (Å²) in [6.07, 6.45) is 0. The van der Waals surface area contributed by atoms with Gasteiger partial charge in [-0.2, -0.15) is 0 Å². The van der Waals surface area contributed by atoms with Crippen LogP contribution in [0.4, 0.5) is 0 Å². The van der Waals surface area contributed by atoms with Gasteiger partial charge in [-0.1, -0.05) is 24.3 Å². The summed E-state index contributed by atoms with van der Waals surface area (Å²) in [5.74, 6) is -0.916. The topological polar surface area (TPSA) is 46.5 Å². The molecular weight excluding hydrogens is 236 g/mol. The molecule has 0 fully saturated rings. The summed E-state index contributed by atoms with van der Waals surface area (Å²) < 4.78 is 5.50. The fourth-order valence-corrected chi connectivity index (χ4v) is 2.15. The molecule has 1 heterocycles. The Morgan fingerprint density at radius 2 is 2.00 bits per heavy atom. The molecule has 0 saturated carbocycles. The summed E-state index contributed by atoms with van der Waals surface area (Å²) in [6, 6.07) is 10.9. The van der Waals surface area contributed by atoms with Crippen molar-refractivity contribution in [3.63, 3.8) is 0 Å². The SMILES string of the molecule is O=C(O)c1ccccc1COCc1cccs1. The fourth-order valence-electron chi connectivity index (χ4n) is 1.51. The van der Waals surface area contributed by atoms with Crippen LogP contribution >= 0.6 is 11.3 Å². The van der Waals surface area contributed by atoms with Crippen LogP contribution in [0.25, 0.3) is 0 Å². The van der Waals surface area contributed by atoms with Crippen LogP contribution in [-0.2, 0) is 18.0 Å². The molecule has 1 aromatic heterocycles. The number of aromatic carboxylic acids is 1. The second-order valence-electron chi connectivity index (χ2n) is 3.53. The van der Waals surface area contributed by atoms with Gasteiger partial charge in [0.05, 0.1) is 18.8 Å². The minimum absolute atomic E-state index is 0.304. The smallest absolute Gasteiger partial charge is 0.336 e. The first-order chi connectivity index (χ1) is 8.27. The quantitative estimate of drug-likeness (QED) is 0.884. The highest BCUT2D eigenvalue weighted by atomic mass is 32.1. The first kappa shape index (κ1) is 11.8. The minimum Gasteiger partial charge on any atom is -0.478 e. The van der Waals surface area contributed by atoms with Crippen molar-refractivity contribution in [1.29, 1.82) is 0 Å². The Balaban J connectivity index is 1.97. The lowest BCUT2D eigenvalue weighted by Gasteiger charge is -2.06. The normalized spacial score (nSPS) is 10.4. The van der Waals surface area contributed by atoms with E-state index in [0.29, 0.717) is 24.3 Å². The average Bonchev–Trinajstić information content (AvgIpc) is 2.82. The Labute approximate surface area is 103 Å². The van der Waals surface area contributed by atoms with Crippen LogP contribution in [0.5, 0.6) is 0 Å². The third kappa shape index (κ3) is 3.15. The lowest BCUT2D eigenvalue weighted by Crippen LogP contribution is -2.03. The van der Waals surface area contributed by atoms with Gasteiger partial charge in [0.2, 0.25) is 0 Å². The monoisotopic (exact) mass is 248 g/mol. The molecule has 0 saturated heterocycles. The number of carboxylic acid groups (broad SMARTS) is 1. The van der Waals surface area contributed by atoms with Crippen molar-refractivity contribution in [1.82, 2.24) is 0 Å². The molecule has 0 atom stereocenters. The molecule has 3 nitrogen and oxygen atoms in total. The lowest BCUT2D eigenvalue weighted by molar-refractivity contribution is 0.0684. The van der Waals surface area contributed by atoms with Crippen molar-refractivity contribution in [2.45, 2.75) is 13.2 Å².